The van der Waals surface area contributed by atoms with Gasteiger partial charge in [0.05, 0.1) is 6.04 Å². The van der Waals surface area contributed by atoms with Crippen molar-refractivity contribution >= 4 is 11.9 Å². The molecule has 90 valence electrons. The zero-order valence-corrected chi connectivity index (χ0v) is 9.64. The molecule has 4 nitrogen and oxygen atoms in total. The van der Waals surface area contributed by atoms with Gasteiger partial charge in [-0.05, 0) is 5.56 Å². The molecule has 0 aliphatic heterocycles. The largest absolute Gasteiger partial charge is 0.465 e. The third-order valence-corrected chi connectivity index (χ3v) is 3.30. The van der Waals surface area contributed by atoms with Gasteiger partial charge in [-0.3, -0.25) is 4.79 Å². The molecule has 4 heteroatoms. The number of carbonyl (C=O) groups is 2. The minimum atomic E-state index is -1.06. The van der Waals surface area contributed by atoms with Crippen LogP contribution >= 0.6 is 0 Å². The average Bonchev–Trinajstić information content (AvgIpc) is 2.25. The summed E-state index contributed by atoms with van der Waals surface area (Å²) >= 11 is 0. The summed E-state index contributed by atoms with van der Waals surface area (Å²) in [5.41, 5.74) is 0.612. The minimum Gasteiger partial charge on any atom is -0.465 e. The molecule has 1 amide bonds. The number of hydrogen-bond donors (Lipinski definition) is 2. The van der Waals surface area contributed by atoms with Crippen LogP contribution in [0.1, 0.15) is 31.4 Å². The highest BCUT2D eigenvalue weighted by Gasteiger charge is 2.46. The van der Waals surface area contributed by atoms with Gasteiger partial charge in [-0.1, -0.05) is 37.3 Å². The number of carbonyl (C=O) groups excluding carboxylic acids is 1. The number of rotatable bonds is 3. The van der Waals surface area contributed by atoms with Crippen molar-refractivity contribution in [3.8, 4) is 0 Å². The maximum absolute atomic E-state index is 11.2. The van der Waals surface area contributed by atoms with E-state index in [2.05, 4.69) is 5.32 Å². The molecule has 0 spiro atoms. The zero-order valence-electron chi connectivity index (χ0n) is 9.64. The Labute approximate surface area is 99.6 Å². The average molecular weight is 233 g/mol. The van der Waals surface area contributed by atoms with E-state index >= 15 is 0 Å². The van der Waals surface area contributed by atoms with Crippen molar-refractivity contribution < 1.29 is 14.7 Å². The first-order valence-electron chi connectivity index (χ1n) is 5.57. The van der Waals surface area contributed by atoms with E-state index in [0.29, 0.717) is 12.8 Å². The molecule has 2 rings (SSSR count). The SMILES string of the molecule is CC1(C(NC(=O)O)c2ccccc2)CC(=O)C1. The number of nitrogens with one attached hydrogen (secondary N) is 1. The van der Waals surface area contributed by atoms with E-state index < -0.39 is 6.09 Å². The molecule has 17 heavy (non-hydrogen) atoms. The van der Waals surface area contributed by atoms with Crippen LogP contribution in [0.25, 0.3) is 0 Å². The summed E-state index contributed by atoms with van der Waals surface area (Å²) in [7, 11) is 0. The van der Waals surface area contributed by atoms with Crippen molar-refractivity contribution in [2.24, 2.45) is 5.41 Å². The van der Waals surface area contributed by atoms with Gasteiger partial charge in [0.15, 0.2) is 0 Å². The van der Waals surface area contributed by atoms with Gasteiger partial charge in [0, 0.05) is 18.3 Å². The van der Waals surface area contributed by atoms with Crippen LogP contribution in [0.4, 0.5) is 4.79 Å². The van der Waals surface area contributed by atoms with E-state index in [9.17, 15) is 9.59 Å². The molecule has 1 aromatic carbocycles. The summed E-state index contributed by atoms with van der Waals surface area (Å²) in [6, 6.07) is 9.07. The summed E-state index contributed by atoms with van der Waals surface area (Å²) in [5.74, 6) is 0.195. The van der Waals surface area contributed by atoms with Crippen LogP contribution in [-0.2, 0) is 4.79 Å². The first-order chi connectivity index (χ1) is 8.01. The standard InChI is InChI=1S/C13H15NO3/c1-13(7-10(15)8-13)11(14-12(16)17)9-5-3-2-4-6-9/h2-6,11,14H,7-8H2,1H3,(H,16,17). The van der Waals surface area contributed by atoms with Crippen molar-refractivity contribution in [3.63, 3.8) is 0 Å². The summed E-state index contributed by atoms with van der Waals surface area (Å²) in [6.07, 6.45) is -0.181. The molecule has 1 saturated carbocycles. The lowest BCUT2D eigenvalue weighted by Crippen LogP contribution is -2.47. The van der Waals surface area contributed by atoms with E-state index in [0.717, 1.165) is 5.56 Å². The van der Waals surface area contributed by atoms with Crippen molar-refractivity contribution in [2.75, 3.05) is 0 Å². The zero-order chi connectivity index (χ0) is 12.5. The van der Waals surface area contributed by atoms with Gasteiger partial charge < -0.3 is 10.4 Å². The molecule has 1 atom stereocenters. The second-order valence-electron chi connectivity index (χ2n) is 4.84. The molecule has 1 aliphatic carbocycles. The smallest absolute Gasteiger partial charge is 0.405 e. The number of Topliss-reactive ketones (excluding diaryl/α,β-unsaturated/α-hetero) is 1. The van der Waals surface area contributed by atoms with Crippen LogP contribution in [-0.4, -0.2) is 17.0 Å². The van der Waals surface area contributed by atoms with Crippen LogP contribution in [0.3, 0.4) is 0 Å². The van der Waals surface area contributed by atoms with Crippen LogP contribution in [0.5, 0.6) is 0 Å². The van der Waals surface area contributed by atoms with Gasteiger partial charge in [-0.25, -0.2) is 4.79 Å². The molecule has 0 heterocycles. The van der Waals surface area contributed by atoms with Gasteiger partial charge in [-0.15, -0.1) is 0 Å². The number of ketones is 1. The molecular weight excluding hydrogens is 218 g/mol. The second kappa shape index (κ2) is 4.20. The molecule has 0 saturated heterocycles. The topological polar surface area (TPSA) is 66.4 Å². The van der Waals surface area contributed by atoms with E-state index in [-0.39, 0.29) is 17.2 Å². The Balaban J connectivity index is 2.26. The molecule has 0 radical (unpaired) electrons. The molecular formula is C13H15NO3. The van der Waals surface area contributed by atoms with Gasteiger partial charge in [-0.2, -0.15) is 0 Å². The molecule has 1 fully saturated rings. The van der Waals surface area contributed by atoms with E-state index in [4.69, 9.17) is 5.11 Å². The second-order valence-corrected chi connectivity index (χ2v) is 4.84. The first kappa shape index (κ1) is 11.6. The van der Waals surface area contributed by atoms with E-state index in [1.807, 2.05) is 37.3 Å². The summed E-state index contributed by atoms with van der Waals surface area (Å²) in [6.45, 7) is 1.95. The number of amides is 1. The fourth-order valence-corrected chi connectivity index (χ4v) is 2.48. The Morgan fingerprint density at radius 2 is 1.94 bits per heavy atom. The summed E-state index contributed by atoms with van der Waals surface area (Å²) in [5, 5.41) is 11.4. The van der Waals surface area contributed by atoms with Crippen molar-refractivity contribution in [3.05, 3.63) is 35.9 Å². The molecule has 1 aromatic rings. The Bertz CT molecular complexity index is 433. The highest BCUT2D eigenvalue weighted by molar-refractivity contribution is 5.86. The van der Waals surface area contributed by atoms with Crippen LogP contribution in [0.2, 0.25) is 0 Å². The van der Waals surface area contributed by atoms with Crippen molar-refractivity contribution in [1.29, 1.82) is 0 Å². The molecule has 1 aliphatic rings. The maximum atomic E-state index is 11.2. The fourth-order valence-electron chi connectivity index (χ4n) is 2.48. The highest BCUT2D eigenvalue weighted by atomic mass is 16.4. The van der Waals surface area contributed by atoms with Gasteiger partial charge in [0.25, 0.3) is 0 Å². The molecule has 2 N–H and O–H groups in total. The first-order valence-corrected chi connectivity index (χ1v) is 5.57. The number of benzene rings is 1. The summed E-state index contributed by atoms with van der Waals surface area (Å²) < 4.78 is 0. The maximum Gasteiger partial charge on any atom is 0.405 e. The quantitative estimate of drug-likeness (QED) is 0.842. The van der Waals surface area contributed by atoms with Gasteiger partial charge in [0.1, 0.15) is 5.78 Å². The lowest BCUT2D eigenvalue weighted by molar-refractivity contribution is -0.133. The Morgan fingerprint density at radius 3 is 2.41 bits per heavy atom. The van der Waals surface area contributed by atoms with Crippen molar-refractivity contribution in [1.82, 2.24) is 5.32 Å². The molecule has 0 bridgehead atoms. The Morgan fingerprint density at radius 1 is 1.35 bits per heavy atom. The fraction of sp³-hybridized carbons (Fsp3) is 0.385. The summed E-state index contributed by atoms with van der Waals surface area (Å²) in [4.78, 5) is 22.0. The highest BCUT2D eigenvalue weighted by Crippen LogP contribution is 2.47. The van der Waals surface area contributed by atoms with Gasteiger partial charge >= 0.3 is 6.09 Å². The third-order valence-electron chi connectivity index (χ3n) is 3.30. The third kappa shape index (κ3) is 2.30. The van der Waals surface area contributed by atoms with E-state index in [1.54, 1.807) is 0 Å². The predicted octanol–water partition coefficient (Wildman–Crippen LogP) is 2.36. The van der Waals surface area contributed by atoms with Crippen LogP contribution in [0.15, 0.2) is 30.3 Å². The normalized spacial score (nSPS) is 19.2. The monoisotopic (exact) mass is 233 g/mol. The van der Waals surface area contributed by atoms with Gasteiger partial charge in [0.2, 0.25) is 0 Å². The number of carboxylic acid groups (broad SMARTS) is 1. The Hall–Kier alpha value is -1.84. The van der Waals surface area contributed by atoms with Crippen LogP contribution < -0.4 is 5.32 Å². The van der Waals surface area contributed by atoms with E-state index in [1.165, 1.54) is 0 Å². The van der Waals surface area contributed by atoms with Crippen molar-refractivity contribution in [2.45, 2.75) is 25.8 Å². The minimum absolute atomic E-state index is 0.195. The lowest BCUT2D eigenvalue weighted by atomic mass is 9.63. The molecule has 0 aromatic heterocycles. The van der Waals surface area contributed by atoms with Crippen LogP contribution in [0, 0.1) is 5.41 Å². The molecule has 1 unspecified atom stereocenters. The lowest BCUT2D eigenvalue weighted by Gasteiger charge is -2.43. The number of hydrogen-bond acceptors (Lipinski definition) is 2. The Kier molecular flexibility index (Phi) is 2.88. The predicted molar refractivity (Wildman–Crippen MR) is 62.7 cm³/mol.